The molecule has 2 saturated heterocycles. The molecule has 3 heterocycles. The molecule has 1 aromatic heterocycles. The van der Waals surface area contributed by atoms with E-state index in [-0.39, 0.29) is 11.8 Å². The van der Waals surface area contributed by atoms with E-state index in [2.05, 4.69) is 46.2 Å². The Morgan fingerprint density at radius 2 is 2.00 bits per heavy atom. The minimum Gasteiger partial charge on any atom is -0.370 e. The van der Waals surface area contributed by atoms with Crippen molar-refractivity contribution in [2.75, 3.05) is 38.1 Å². The van der Waals surface area contributed by atoms with Crippen LogP contribution in [0.1, 0.15) is 19.8 Å². The Kier molecular flexibility index (Phi) is 5.24. The molecule has 27 heavy (non-hydrogen) atoms. The van der Waals surface area contributed by atoms with E-state index in [1.807, 2.05) is 12.1 Å². The molecule has 0 aliphatic carbocycles. The maximum atomic E-state index is 12.9. The number of aromatic nitrogens is 1. The Bertz CT molecular complexity index is 834. The second kappa shape index (κ2) is 7.64. The second-order valence-corrected chi connectivity index (χ2v) is 8.45. The van der Waals surface area contributed by atoms with E-state index in [9.17, 15) is 4.79 Å². The van der Waals surface area contributed by atoms with Crippen LogP contribution in [0.3, 0.4) is 0 Å². The maximum Gasteiger partial charge on any atom is 0.225 e. The van der Waals surface area contributed by atoms with Gasteiger partial charge in [0.25, 0.3) is 0 Å². The summed E-state index contributed by atoms with van der Waals surface area (Å²) in [5.74, 6) is 0.543. The number of nitrogens with zero attached hydrogens (tertiary/aromatic N) is 3. The van der Waals surface area contributed by atoms with Crippen LogP contribution in [0.2, 0.25) is 5.02 Å². The molecule has 1 aromatic carbocycles. The highest BCUT2D eigenvalue weighted by Crippen LogP contribution is 2.35. The molecule has 144 valence electrons. The lowest BCUT2D eigenvalue weighted by atomic mass is 9.96. The number of halogens is 1. The van der Waals surface area contributed by atoms with Crippen LogP contribution < -0.4 is 10.2 Å². The average Bonchev–Trinajstić information content (AvgIpc) is 3.06. The van der Waals surface area contributed by atoms with Crippen LogP contribution in [0.25, 0.3) is 10.9 Å². The van der Waals surface area contributed by atoms with Gasteiger partial charge in [0.2, 0.25) is 5.91 Å². The fourth-order valence-corrected chi connectivity index (χ4v) is 4.58. The maximum absolute atomic E-state index is 12.9. The van der Waals surface area contributed by atoms with Gasteiger partial charge >= 0.3 is 0 Å². The van der Waals surface area contributed by atoms with E-state index in [1.54, 1.807) is 6.20 Å². The molecule has 1 N–H and O–H groups in total. The number of anilines is 1. The van der Waals surface area contributed by atoms with Crippen LogP contribution in [0, 0.1) is 11.8 Å². The van der Waals surface area contributed by atoms with Gasteiger partial charge in [-0.2, -0.15) is 0 Å². The van der Waals surface area contributed by atoms with Gasteiger partial charge < -0.3 is 15.1 Å². The molecule has 0 bridgehead atoms. The number of pyridine rings is 1. The Hall–Kier alpha value is -1.85. The molecule has 2 aromatic rings. The third-order valence-corrected chi connectivity index (χ3v) is 6.36. The van der Waals surface area contributed by atoms with Crippen LogP contribution in [0.15, 0.2) is 30.5 Å². The van der Waals surface area contributed by atoms with E-state index in [0.717, 1.165) is 55.6 Å². The lowest BCUT2D eigenvalue weighted by molar-refractivity contribution is -0.126. The molecule has 4 rings (SSSR count). The van der Waals surface area contributed by atoms with Gasteiger partial charge in [0.15, 0.2) is 0 Å². The molecule has 2 aliphatic rings. The van der Waals surface area contributed by atoms with E-state index >= 15 is 0 Å². The SMILES string of the molecule is C[C@H]1CN(c2ccc(Cl)c3ncccc23)C[C@@H]1C(=O)NC1CCN(C)CC1. The van der Waals surface area contributed by atoms with Gasteiger partial charge in [-0.05, 0) is 63.2 Å². The summed E-state index contributed by atoms with van der Waals surface area (Å²) < 4.78 is 0. The third-order valence-electron chi connectivity index (χ3n) is 6.05. The summed E-state index contributed by atoms with van der Waals surface area (Å²) in [6.07, 6.45) is 3.85. The van der Waals surface area contributed by atoms with Crippen LogP contribution in [0.5, 0.6) is 0 Å². The first-order valence-electron chi connectivity index (χ1n) is 9.80. The van der Waals surface area contributed by atoms with Crippen molar-refractivity contribution in [3.05, 3.63) is 35.5 Å². The third kappa shape index (κ3) is 3.76. The highest BCUT2D eigenvalue weighted by Gasteiger charge is 2.36. The first-order chi connectivity index (χ1) is 13.0. The number of carbonyl (C=O) groups is 1. The molecular formula is C21H27ClN4O. The van der Waals surface area contributed by atoms with E-state index in [0.29, 0.717) is 17.0 Å². The van der Waals surface area contributed by atoms with Crippen molar-refractivity contribution in [1.29, 1.82) is 0 Å². The summed E-state index contributed by atoms with van der Waals surface area (Å²) in [5, 5.41) is 5.02. The average molecular weight is 387 g/mol. The van der Waals surface area contributed by atoms with Crippen LogP contribution in [0.4, 0.5) is 5.69 Å². The molecular weight excluding hydrogens is 360 g/mol. The van der Waals surface area contributed by atoms with Gasteiger partial charge in [-0.1, -0.05) is 18.5 Å². The van der Waals surface area contributed by atoms with E-state index in [4.69, 9.17) is 11.6 Å². The zero-order valence-electron chi connectivity index (χ0n) is 16.0. The highest BCUT2D eigenvalue weighted by molar-refractivity contribution is 6.35. The number of amides is 1. The van der Waals surface area contributed by atoms with Crippen LogP contribution in [-0.2, 0) is 4.79 Å². The number of hydrogen-bond acceptors (Lipinski definition) is 4. The standard InChI is InChI=1S/C21H27ClN4O/c1-14-12-26(19-6-5-18(22)20-16(19)4-3-9-23-20)13-17(14)21(27)24-15-7-10-25(2)11-8-15/h3-6,9,14-15,17H,7-8,10-13H2,1-2H3,(H,24,27)/t14-,17-/m0/s1. The van der Waals surface area contributed by atoms with E-state index in [1.165, 1.54) is 0 Å². The first kappa shape index (κ1) is 18.5. The number of piperidine rings is 1. The van der Waals surface area contributed by atoms with Crippen molar-refractivity contribution in [2.24, 2.45) is 11.8 Å². The van der Waals surface area contributed by atoms with Gasteiger partial charge in [-0.25, -0.2) is 0 Å². The molecule has 2 atom stereocenters. The van der Waals surface area contributed by atoms with Gasteiger partial charge in [0.1, 0.15) is 0 Å². The van der Waals surface area contributed by atoms with Crippen molar-refractivity contribution in [3.8, 4) is 0 Å². The minimum absolute atomic E-state index is 0.0204. The van der Waals surface area contributed by atoms with Crippen LogP contribution in [-0.4, -0.2) is 55.1 Å². The van der Waals surface area contributed by atoms with Crippen molar-refractivity contribution in [3.63, 3.8) is 0 Å². The highest BCUT2D eigenvalue weighted by atomic mass is 35.5. The van der Waals surface area contributed by atoms with E-state index < -0.39 is 0 Å². The molecule has 5 nitrogen and oxygen atoms in total. The quantitative estimate of drug-likeness (QED) is 0.880. The number of carbonyl (C=O) groups excluding carboxylic acids is 1. The summed E-state index contributed by atoms with van der Waals surface area (Å²) in [6.45, 7) is 5.90. The van der Waals surface area contributed by atoms with Gasteiger partial charge in [0.05, 0.1) is 16.5 Å². The fraction of sp³-hybridized carbons (Fsp3) is 0.524. The topological polar surface area (TPSA) is 48.5 Å². The molecule has 2 aliphatic heterocycles. The van der Waals surface area contributed by atoms with Crippen molar-refractivity contribution in [2.45, 2.75) is 25.8 Å². The molecule has 0 saturated carbocycles. The van der Waals surface area contributed by atoms with Gasteiger partial charge in [-0.3, -0.25) is 9.78 Å². The number of hydrogen-bond donors (Lipinski definition) is 1. The lowest BCUT2D eigenvalue weighted by Gasteiger charge is -2.30. The summed E-state index contributed by atoms with van der Waals surface area (Å²) >= 11 is 6.31. The van der Waals surface area contributed by atoms with Gasteiger partial charge in [-0.15, -0.1) is 0 Å². The van der Waals surface area contributed by atoms with Crippen LogP contribution >= 0.6 is 11.6 Å². The minimum atomic E-state index is 0.0204. The molecule has 6 heteroatoms. The van der Waals surface area contributed by atoms with Crippen molar-refractivity contribution < 1.29 is 4.79 Å². The first-order valence-corrected chi connectivity index (χ1v) is 10.2. The lowest BCUT2D eigenvalue weighted by Crippen LogP contribution is -2.46. The largest absolute Gasteiger partial charge is 0.370 e. The molecule has 1 amide bonds. The molecule has 0 radical (unpaired) electrons. The normalized spacial score (nSPS) is 24.5. The predicted molar refractivity (Wildman–Crippen MR) is 110 cm³/mol. The second-order valence-electron chi connectivity index (χ2n) is 8.04. The summed E-state index contributed by atoms with van der Waals surface area (Å²) in [7, 11) is 2.14. The Balaban J connectivity index is 1.49. The smallest absolute Gasteiger partial charge is 0.225 e. The number of nitrogens with one attached hydrogen (secondary N) is 1. The zero-order valence-corrected chi connectivity index (χ0v) is 16.7. The molecule has 0 spiro atoms. The summed E-state index contributed by atoms with van der Waals surface area (Å²) in [4.78, 5) is 22.0. The van der Waals surface area contributed by atoms with Gasteiger partial charge in [0, 0.05) is 36.4 Å². The number of rotatable bonds is 3. The fourth-order valence-electron chi connectivity index (χ4n) is 4.36. The molecule has 0 unspecified atom stereocenters. The number of fused-ring (bicyclic) bond motifs is 1. The molecule has 2 fully saturated rings. The zero-order chi connectivity index (χ0) is 19.0. The predicted octanol–water partition coefficient (Wildman–Crippen LogP) is 3.17. The van der Waals surface area contributed by atoms with Crippen molar-refractivity contribution >= 4 is 34.1 Å². The monoisotopic (exact) mass is 386 g/mol. The van der Waals surface area contributed by atoms with Crippen molar-refractivity contribution in [1.82, 2.24) is 15.2 Å². The summed E-state index contributed by atoms with van der Waals surface area (Å²) in [6, 6.07) is 8.26. The Morgan fingerprint density at radius 1 is 1.22 bits per heavy atom. The number of benzene rings is 1. The number of likely N-dealkylation sites (tertiary alicyclic amines) is 1. The Labute approximate surface area is 165 Å². The Morgan fingerprint density at radius 3 is 2.78 bits per heavy atom. The summed E-state index contributed by atoms with van der Waals surface area (Å²) in [5.41, 5.74) is 1.94.